The normalized spacial score (nSPS) is 13.3. The van der Waals surface area contributed by atoms with Crippen molar-refractivity contribution in [3.05, 3.63) is 54.1 Å². The molecule has 0 aliphatic heterocycles. The molecule has 0 saturated heterocycles. The van der Waals surface area contributed by atoms with E-state index in [9.17, 15) is 14.0 Å². The Labute approximate surface area is 133 Å². The molecule has 2 rings (SSSR count). The lowest BCUT2D eigenvalue weighted by Gasteiger charge is -2.17. The number of nitrogens with one attached hydrogen (secondary N) is 1. The molecule has 0 aliphatic rings. The number of benzene rings is 1. The monoisotopic (exact) mass is 318 g/mol. The Kier molecular flexibility index (Phi) is 5.46. The van der Waals surface area contributed by atoms with Gasteiger partial charge in [-0.3, -0.25) is 14.3 Å². The molecule has 0 fully saturated rings. The van der Waals surface area contributed by atoms with Gasteiger partial charge in [0, 0.05) is 18.9 Å². The van der Waals surface area contributed by atoms with Crippen LogP contribution in [0.3, 0.4) is 0 Å². The third-order valence-corrected chi connectivity index (χ3v) is 3.62. The molecule has 0 bridgehead atoms. The highest BCUT2D eigenvalue weighted by Crippen LogP contribution is 2.10. The van der Waals surface area contributed by atoms with E-state index in [2.05, 4.69) is 10.4 Å². The highest BCUT2D eigenvalue weighted by Gasteiger charge is 2.20. The number of carbonyl (C=O) groups is 2. The molecule has 1 aromatic heterocycles. The van der Waals surface area contributed by atoms with Gasteiger partial charge in [-0.05, 0) is 37.1 Å². The smallest absolute Gasteiger partial charge is 0.244 e. The molecule has 1 aromatic carbocycles. The summed E-state index contributed by atoms with van der Waals surface area (Å²) in [6.45, 7) is 1.83. The van der Waals surface area contributed by atoms with Crippen molar-refractivity contribution in [1.82, 2.24) is 15.1 Å². The second kappa shape index (κ2) is 7.53. The summed E-state index contributed by atoms with van der Waals surface area (Å²) in [6, 6.07) is 7.09. The molecule has 1 heterocycles. The van der Waals surface area contributed by atoms with E-state index in [4.69, 9.17) is 5.73 Å². The minimum absolute atomic E-state index is 0.122. The number of halogens is 1. The third kappa shape index (κ3) is 4.64. The first-order valence-corrected chi connectivity index (χ1v) is 7.28. The Morgan fingerprint density at radius 3 is 2.61 bits per heavy atom. The van der Waals surface area contributed by atoms with Crippen molar-refractivity contribution in [1.29, 1.82) is 0 Å². The average molecular weight is 318 g/mol. The fraction of sp³-hybridized carbons (Fsp3) is 0.312. The lowest BCUT2D eigenvalue weighted by molar-refractivity contribution is -0.125. The maximum Gasteiger partial charge on any atom is 0.244 e. The summed E-state index contributed by atoms with van der Waals surface area (Å²) in [5.41, 5.74) is 6.17. The number of nitrogens with zero attached hydrogens (tertiary/aromatic N) is 2. The van der Waals surface area contributed by atoms with Crippen LogP contribution in [0.5, 0.6) is 0 Å². The summed E-state index contributed by atoms with van der Waals surface area (Å²) < 4.78 is 14.4. The molecule has 0 saturated carbocycles. The predicted molar refractivity (Wildman–Crippen MR) is 82.7 cm³/mol. The predicted octanol–water partition coefficient (Wildman–Crippen LogP) is 1.04. The number of nitrogens with two attached hydrogens (primary N) is 1. The molecule has 0 unspecified atom stereocenters. The lowest BCUT2D eigenvalue weighted by Crippen LogP contribution is -2.39. The molecule has 0 spiro atoms. The van der Waals surface area contributed by atoms with E-state index in [1.54, 1.807) is 37.5 Å². The van der Waals surface area contributed by atoms with Crippen LogP contribution in [0.25, 0.3) is 0 Å². The number of amides is 2. The van der Waals surface area contributed by atoms with Gasteiger partial charge in [-0.15, -0.1) is 0 Å². The lowest BCUT2D eigenvalue weighted by atomic mass is 9.98. The summed E-state index contributed by atoms with van der Waals surface area (Å²) in [6.07, 6.45) is 3.62. The van der Waals surface area contributed by atoms with Crippen molar-refractivity contribution in [2.45, 2.75) is 19.4 Å². The molecule has 2 aromatic rings. The average Bonchev–Trinajstić information content (AvgIpc) is 3.06. The SMILES string of the molecule is C[C@H](C(=O)NC[C@H](Cc1ccc(F)cc1)C(N)=O)n1cccn1. The Morgan fingerprint density at radius 1 is 1.35 bits per heavy atom. The first-order valence-electron chi connectivity index (χ1n) is 7.28. The quantitative estimate of drug-likeness (QED) is 0.799. The zero-order valence-electron chi connectivity index (χ0n) is 12.8. The molecule has 0 aliphatic carbocycles. The summed E-state index contributed by atoms with van der Waals surface area (Å²) in [4.78, 5) is 23.7. The van der Waals surface area contributed by atoms with Crippen LogP contribution in [0.2, 0.25) is 0 Å². The van der Waals surface area contributed by atoms with Gasteiger partial charge in [0.15, 0.2) is 0 Å². The molecule has 6 nitrogen and oxygen atoms in total. The van der Waals surface area contributed by atoms with Gasteiger partial charge in [-0.2, -0.15) is 5.10 Å². The first-order chi connectivity index (χ1) is 11.0. The molecule has 2 amide bonds. The molecule has 0 radical (unpaired) electrons. The number of primary amides is 1. The van der Waals surface area contributed by atoms with Crippen molar-refractivity contribution in [2.24, 2.45) is 11.7 Å². The van der Waals surface area contributed by atoms with Gasteiger partial charge in [-0.25, -0.2) is 4.39 Å². The largest absolute Gasteiger partial charge is 0.369 e. The number of rotatable bonds is 7. The van der Waals surface area contributed by atoms with Crippen molar-refractivity contribution < 1.29 is 14.0 Å². The van der Waals surface area contributed by atoms with Gasteiger partial charge in [0.2, 0.25) is 11.8 Å². The van der Waals surface area contributed by atoms with Crippen LogP contribution in [-0.4, -0.2) is 28.1 Å². The van der Waals surface area contributed by atoms with Crippen molar-refractivity contribution in [3.8, 4) is 0 Å². The van der Waals surface area contributed by atoms with Crippen LogP contribution in [0, 0.1) is 11.7 Å². The highest BCUT2D eigenvalue weighted by atomic mass is 19.1. The summed E-state index contributed by atoms with van der Waals surface area (Å²) in [5, 5.41) is 6.71. The first kappa shape index (κ1) is 16.7. The number of hydrogen-bond donors (Lipinski definition) is 2. The van der Waals surface area contributed by atoms with E-state index in [-0.39, 0.29) is 18.3 Å². The van der Waals surface area contributed by atoms with E-state index < -0.39 is 17.9 Å². The van der Waals surface area contributed by atoms with Crippen LogP contribution in [-0.2, 0) is 16.0 Å². The van der Waals surface area contributed by atoms with E-state index in [1.807, 2.05) is 0 Å². The van der Waals surface area contributed by atoms with Crippen molar-refractivity contribution in [3.63, 3.8) is 0 Å². The Morgan fingerprint density at radius 2 is 2.04 bits per heavy atom. The van der Waals surface area contributed by atoms with Crippen LogP contribution in [0.1, 0.15) is 18.5 Å². The second-order valence-electron chi connectivity index (χ2n) is 5.34. The van der Waals surface area contributed by atoms with Crippen LogP contribution < -0.4 is 11.1 Å². The van der Waals surface area contributed by atoms with Gasteiger partial charge in [-0.1, -0.05) is 12.1 Å². The summed E-state index contributed by atoms with van der Waals surface area (Å²) >= 11 is 0. The number of hydrogen-bond acceptors (Lipinski definition) is 3. The van der Waals surface area contributed by atoms with Gasteiger partial charge in [0.25, 0.3) is 0 Å². The number of aromatic nitrogens is 2. The third-order valence-electron chi connectivity index (χ3n) is 3.62. The molecular weight excluding hydrogens is 299 g/mol. The maximum atomic E-state index is 12.9. The Hall–Kier alpha value is -2.70. The van der Waals surface area contributed by atoms with E-state index in [0.717, 1.165) is 5.56 Å². The van der Waals surface area contributed by atoms with Gasteiger partial charge in [0.05, 0.1) is 5.92 Å². The Balaban J connectivity index is 1.93. The van der Waals surface area contributed by atoms with Crippen molar-refractivity contribution >= 4 is 11.8 Å². The molecule has 23 heavy (non-hydrogen) atoms. The van der Waals surface area contributed by atoms with Gasteiger partial charge in [0.1, 0.15) is 11.9 Å². The van der Waals surface area contributed by atoms with E-state index in [0.29, 0.717) is 6.42 Å². The Bertz CT molecular complexity index is 655. The van der Waals surface area contributed by atoms with Gasteiger partial charge >= 0.3 is 0 Å². The maximum absolute atomic E-state index is 12.9. The fourth-order valence-electron chi connectivity index (χ4n) is 2.18. The van der Waals surface area contributed by atoms with Gasteiger partial charge < -0.3 is 11.1 Å². The highest BCUT2D eigenvalue weighted by molar-refractivity contribution is 5.81. The minimum Gasteiger partial charge on any atom is -0.369 e. The fourth-order valence-corrected chi connectivity index (χ4v) is 2.18. The summed E-state index contributed by atoms with van der Waals surface area (Å²) in [7, 11) is 0. The second-order valence-corrected chi connectivity index (χ2v) is 5.34. The topological polar surface area (TPSA) is 90.0 Å². The van der Waals surface area contributed by atoms with E-state index in [1.165, 1.54) is 16.8 Å². The molecule has 2 atom stereocenters. The number of carbonyl (C=O) groups excluding carboxylic acids is 2. The zero-order chi connectivity index (χ0) is 16.8. The van der Waals surface area contributed by atoms with Crippen LogP contribution in [0.4, 0.5) is 4.39 Å². The standard InChI is InChI=1S/C16H19FN4O2/c1-11(21-8-2-7-20-21)16(23)19-10-13(15(18)22)9-12-3-5-14(17)6-4-12/h2-8,11,13H,9-10H2,1H3,(H2,18,22)(H,19,23)/t11-,13+/m1/s1. The molecule has 122 valence electrons. The molecular formula is C16H19FN4O2. The van der Waals surface area contributed by atoms with E-state index >= 15 is 0 Å². The summed E-state index contributed by atoms with van der Waals surface area (Å²) in [5.74, 6) is -1.67. The zero-order valence-corrected chi connectivity index (χ0v) is 12.8. The molecule has 3 N–H and O–H groups in total. The minimum atomic E-state index is -0.561. The van der Waals surface area contributed by atoms with Crippen LogP contribution >= 0.6 is 0 Å². The van der Waals surface area contributed by atoms with Crippen molar-refractivity contribution in [2.75, 3.05) is 6.54 Å². The molecule has 7 heteroatoms. The van der Waals surface area contributed by atoms with Crippen LogP contribution in [0.15, 0.2) is 42.7 Å².